The number of carbonyl (C=O) groups excluding carboxylic acids is 3. The molecule has 198 valence electrons. The molecule has 0 bridgehead atoms. The predicted octanol–water partition coefficient (Wildman–Crippen LogP) is 5.11. The number of amides is 2. The van der Waals surface area contributed by atoms with Crippen molar-refractivity contribution in [3.8, 4) is 5.75 Å². The second-order valence-corrected chi connectivity index (χ2v) is 9.74. The first kappa shape index (κ1) is 27.0. The topological polar surface area (TPSA) is 106 Å². The van der Waals surface area contributed by atoms with E-state index in [0.717, 1.165) is 36.1 Å². The molecule has 2 amide bonds. The van der Waals surface area contributed by atoms with Crippen LogP contribution >= 0.6 is 11.3 Å². The number of nitrogens with one attached hydrogen (secondary N) is 2. The van der Waals surface area contributed by atoms with Crippen LogP contribution < -0.4 is 15.5 Å². The summed E-state index contributed by atoms with van der Waals surface area (Å²) in [6.07, 6.45) is 4.05. The van der Waals surface area contributed by atoms with Gasteiger partial charge in [-0.25, -0.2) is 14.6 Å². The SMILES string of the molecule is CCOC(=O)c1c(NC(=O)c2ccc(O[C@@H](C)C(=O)N/N=C\c3ccccc3F)cc2)sc2c1CCCC2. The van der Waals surface area contributed by atoms with Gasteiger partial charge in [0.2, 0.25) is 0 Å². The first-order chi connectivity index (χ1) is 18.4. The Labute approximate surface area is 223 Å². The van der Waals surface area contributed by atoms with Crippen molar-refractivity contribution in [1.82, 2.24) is 5.43 Å². The molecule has 0 spiro atoms. The molecule has 3 aromatic rings. The van der Waals surface area contributed by atoms with Crippen molar-refractivity contribution < 1.29 is 28.2 Å². The Morgan fingerprint density at radius 1 is 1.11 bits per heavy atom. The summed E-state index contributed by atoms with van der Waals surface area (Å²) >= 11 is 1.43. The van der Waals surface area contributed by atoms with Gasteiger partial charge < -0.3 is 14.8 Å². The van der Waals surface area contributed by atoms with Crippen molar-refractivity contribution in [2.75, 3.05) is 11.9 Å². The quantitative estimate of drug-likeness (QED) is 0.224. The van der Waals surface area contributed by atoms with Crippen LogP contribution in [0, 0.1) is 5.82 Å². The summed E-state index contributed by atoms with van der Waals surface area (Å²) in [7, 11) is 0. The standard InChI is InChI=1S/C28H28FN3O5S/c1-3-36-28(35)24-21-9-5-7-11-23(21)38-27(24)31-26(34)18-12-14-20(15-13-18)37-17(2)25(33)32-30-16-19-8-4-6-10-22(19)29/h4,6,8,10,12-17H,3,5,7,9,11H2,1-2H3,(H,31,34)(H,32,33)/b30-16-/t17-/m0/s1. The number of nitrogens with zero attached hydrogens (tertiary/aromatic N) is 1. The molecule has 1 atom stereocenters. The molecule has 2 N–H and O–H groups in total. The van der Waals surface area contributed by atoms with E-state index in [1.54, 1.807) is 50.2 Å². The lowest BCUT2D eigenvalue weighted by Crippen LogP contribution is -2.33. The summed E-state index contributed by atoms with van der Waals surface area (Å²) in [6, 6.07) is 12.4. The maximum atomic E-state index is 13.6. The maximum Gasteiger partial charge on any atom is 0.341 e. The van der Waals surface area contributed by atoms with E-state index in [1.807, 2.05) is 0 Å². The monoisotopic (exact) mass is 537 g/mol. The lowest BCUT2D eigenvalue weighted by atomic mass is 9.95. The smallest absolute Gasteiger partial charge is 0.341 e. The van der Waals surface area contributed by atoms with Crippen LogP contribution in [-0.4, -0.2) is 36.7 Å². The molecule has 0 unspecified atom stereocenters. The molecule has 38 heavy (non-hydrogen) atoms. The lowest BCUT2D eigenvalue weighted by Gasteiger charge is -2.13. The Hall–Kier alpha value is -4.05. The van der Waals surface area contributed by atoms with Gasteiger partial charge in [-0.15, -0.1) is 11.3 Å². The number of thiophene rings is 1. The molecule has 0 aliphatic heterocycles. The number of benzene rings is 2. The Morgan fingerprint density at radius 2 is 1.84 bits per heavy atom. The fourth-order valence-electron chi connectivity index (χ4n) is 4.03. The highest BCUT2D eigenvalue weighted by Crippen LogP contribution is 2.38. The number of esters is 1. The van der Waals surface area contributed by atoms with E-state index < -0.39 is 23.8 Å². The number of hydrogen-bond acceptors (Lipinski definition) is 7. The van der Waals surface area contributed by atoms with Crippen LogP contribution in [0.1, 0.15) is 63.4 Å². The number of carbonyl (C=O) groups is 3. The molecule has 2 aromatic carbocycles. The van der Waals surface area contributed by atoms with E-state index in [1.165, 1.54) is 29.7 Å². The van der Waals surface area contributed by atoms with Gasteiger partial charge in [-0.2, -0.15) is 5.10 Å². The molecule has 8 nitrogen and oxygen atoms in total. The van der Waals surface area contributed by atoms with Gasteiger partial charge in [0.15, 0.2) is 6.10 Å². The summed E-state index contributed by atoms with van der Waals surface area (Å²) in [4.78, 5) is 39.0. The molecule has 10 heteroatoms. The third-order valence-electron chi connectivity index (χ3n) is 5.96. The largest absolute Gasteiger partial charge is 0.481 e. The zero-order chi connectivity index (χ0) is 27.1. The fourth-order valence-corrected chi connectivity index (χ4v) is 5.30. The first-order valence-electron chi connectivity index (χ1n) is 12.3. The zero-order valence-electron chi connectivity index (χ0n) is 21.1. The van der Waals surface area contributed by atoms with E-state index in [-0.39, 0.29) is 18.1 Å². The van der Waals surface area contributed by atoms with Crippen molar-refractivity contribution in [3.05, 3.63) is 81.5 Å². The molecule has 1 heterocycles. The van der Waals surface area contributed by atoms with Crippen LogP contribution in [0.4, 0.5) is 9.39 Å². The van der Waals surface area contributed by atoms with Crippen LogP contribution in [0.15, 0.2) is 53.6 Å². The summed E-state index contributed by atoms with van der Waals surface area (Å²) in [5.41, 5.74) is 4.36. The molecule has 0 saturated carbocycles. The van der Waals surface area contributed by atoms with Gasteiger partial charge in [0.25, 0.3) is 11.8 Å². The third-order valence-corrected chi connectivity index (χ3v) is 7.17. The minimum Gasteiger partial charge on any atom is -0.481 e. The molecule has 1 aromatic heterocycles. The summed E-state index contributed by atoms with van der Waals surface area (Å²) < 4.78 is 24.5. The number of hydrazone groups is 1. The number of anilines is 1. The minimum absolute atomic E-state index is 0.243. The molecule has 4 rings (SSSR count). The third kappa shape index (κ3) is 6.44. The zero-order valence-corrected chi connectivity index (χ0v) is 21.9. The van der Waals surface area contributed by atoms with Gasteiger partial charge in [-0.05, 0) is 75.4 Å². The van der Waals surface area contributed by atoms with Gasteiger partial charge in [-0.1, -0.05) is 18.2 Å². The van der Waals surface area contributed by atoms with Crippen LogP contribution in [0.2, 0.25) is 0 Å². The van der Waals surface area contributed by atoms with E-state index in [9.17, 15) is 18.8 Å². The van der Waals surface area contributed by atoms with Crippen LogP contribution in [-0.2, 0) is 22.4 Å². The number of rotatable bonds is 9. The van der Waals surface area contributed by atoms with E-state index >= 15 is 0 Å². The van der Waals surface area contributed by atoms with Gasteiger partial charge in [0.1, 0.15) is 16.6 Å². The van der Waals surface area contributed by atoms with Crippen molar-refractivity contribution in [3.63, 3.8) is 0 Å². The van der Waals surface area contributed by atoms with Gasteiger partial charge in [0, 0.05) is 16.0 Å². The molecule has 0 saturated heterocycles. The second kappa shape index (κ2) is 12.5. The molecular weight excluding hydrogens is 509 g/mol. The Balaban J connectivity index is 1.37. The number of ether oxygens (including phenoxy) is 2. The number of aryl methyl sites for hydroxylation is 1. The summed E-state index contributed by atoms with van der Waals surface area (Å²) in [6.45, 7) is 3.55. The average molecular weight is 538 g/mol. The Morgan fingerprint density at radius 3 is 2.58 bits per heavy atom. The molecule has 0 radical (unpaired) electrons. The Bertz CT molecular complexity index is 1350. The van der Waals surface area contributed by atoms with Gasteiger partial charge >= 0.3 is 5.97 Å². The first-order valence-corrected chi connectivity index (χ1v) is 13.2. The highest BCUT2D eigenvalue weighted by molar-refractivity contribution is 7.17. The van der Waals surface area contributed by atoms with Crippen molar-refractivity contribution in [2.24, 2.45) is 5.10 Å². The summed E-state index contributed by atoms with van der Waals surface area (Å²) in [5, 5.41) is 7.14. The molecule has 1 aliphatic rings. The predicted molar refractivity (Wildman–Crippen MR) is 144 cm³/mol. The number of halogens is 1. The normalized spacial score (nSPS) is 13.4. The van der Waals surface area contributed by atoms with E-state index in [4.69, 9.17) is 9.47 Å². The number of hydrogen-bond donors (Lipinski definition) is 2. The fraction of sp³-hybridized carbons (Fsp3) is 0.286. The Kier molecular flexibility index (Phi) is 8.85. The molecular formula is C28H28FN3O5S. The summed E-state index contributed by atoms with van der Waals surface area (Å²) in [5.74, 6) is -1.38. The van der Waals surface area contributed by atoms with Crippen molar-refractivity contribution in [2.45, 2.75) is 45.6 Å². The van der Waals surface area contributed by atoms with Gasteiger partial charge in [-0.3, -0.25) is 9.59 Å². The minimum atomic E-state index is -0.892. The van der Waals surface area contributed by atoms with Crippen molar-refractivity contribution >= 4 is 40.3 Å². The molecule has 1 aliphatic carbocycles. The van der Waals surface area contributed by atoms with Crippen LogP contribution in [0.25, 0.3) is 0 Å². The van der Waals surface area contributed by atoms with Crippen molar-refractivity contribution in [1.29, 1.82) is 0 Å². The average Bonchev–Trinajstić information content (AvgIpc) is 3.28. The van der Waals surface area contributed by atoms with Crippen LogP contribution in [0.5, 0.6) is 5.75 Å². The van der Waals surface area contributed by atoms with E-state index in [0.29, 0.717) is 21.9 Å². The number of fused-ring (bicyclic) bond motifs is 1. The second-order valence-electron chi connectivity index (χ2n) is 8.63. The lowest BCUT2D eigenvalue weighted by molar-refractivity contribution is -0.127. The molecule has 0 fully saturated rings. The highest BCUT2D eigenvalue weighted by Gasteiger charge is 2.27. The maximum absolute atomic E-state index is 13.6. The van der Waals surface area contributed by atoms with Crippen LogP contribution in [0.3, 0.4) is 0 Å². The van der Waals surface area contributed by atoms with Gasteiger partial charge in [0.05, 0.1) is 18.4 Å². The van der Waals surface area contributed by atoms with E-state index in [2.05, 4.69) is 15.8 Å². The highest BCUT2D eigenvalue weighted by atomic mass is 32.1.